The van der Waals surface area contributed by atoms with Crippen LogP contribution in [-0.4, -0.2) is 72.3 Å². The fourth-order valence-electron chi connectivity index (χ4n) is 3.61. The molecule has 156 valence electrons. The maximum Gasteiger partial charge on any atom is 0.263 e. The molecule has 0 aliphatic carbocycles. The number of rotatable bonds is 6. The quantitative estimate of drug-likeness (QED) is 0.722. The van der Waals surface area contributed by atoms with Crippen LogP contribution in [0.25, 0.3) is 10.4 Å². The summed E-state index contributed by atoms with van der Waals surface area (Å²) in [5.74, 6) is -0.159. The molecule has 1 aliphatic rings. The van der Waals surface area contributed by atoms with Crippen molar-refractivity contribution in [1.82, 2.24) is 14.7 Å². The van der Waals surface area contributed by atoms with Crippen molar-refractivity contribution in [2.24, 2.45) is 0 Å². The number of hydrogen-bond acceptors (Lipinski definition) is 4. The molecule has 1 fully saturated rings. The van der Waals surface area contributed by atoms with E-state index in [1.165, 1.54) is 17.4 Å². The van der Waals surface area contributed by atoms with Crippen molar-refractivity contribution in [3.63, 3.8) is 0 Å². The standard InChI is InChI=1S/C22H28FN3O2S/c1-3-25(4-2)21(27)16-24-12-7-13-26(15-14-24)22(28)20-11-10-19(29-20)17-8-5-6-9-18(17)23/h5-6,8-11H,3-4,7,12-16H2,1-2H3. The minimum atomic E-state index is -0.281. The van der Waals surface area contributed by atoms with E-state index >= 15 is 0 Å². The molecule has 1 aromatic heterocycles. The zero-order chi connectivity index (χ0) is 20.8. The van der Waals surface area contributed by atoms with E-state index in [2.05, 4.69) is 4.90 Å². The summed E-state index contributed by atoms with van der Waals surface area (Å²) in [6.07, 6.45) is 0.836. The second-order valence-electron chi connectivity index (χ2n) is 7.13. The average molecular weight is 418 g/mol. The SMILES string of the molecule is CCN(CC)C(=O)CN1CCCN(C(=O)c2ccc(-c3ccccc3F)s2)CC1. The summed E-state index contributed by atoms with van der Waals surface area (Å²) in [5, 5.41) is 0. The van der Waals surface area contributed by atoms with Crippen LogP contribution in [-0.2, 0) is 4.79 Å². The van der Waals surface area contributed by atoms with Gasteiger partial charge in [-0.05, 0) is 38.5 Å². The van der Waals surface area contributed by atoms with Crippen molar-refractivity contribution in [3.05, 3.63) is 47.1 Å². The highest BCUT2D eigenvalue weighted by molar-refractivity contribution is 7.17. The molecule has 5 nitrogen and oxygen atoms in total. The van der Waals surface area contributed by atoms with E-state index in [1.807, 2.05) is 29.7 Å². The van der Waals surface area contributed by atoms with Gasteiger partial charge < -0.3 is 9.80 Å². The molecule has 0 radical (unpaired) electrons. The third-order valence-corrected chi connectivity index (χ3v) is 6.41. The summed E-state index contributed by atoms with van der Waals surface area (Å²) in [6, 6.07) is 10.2. The van der Waals surface area contributed by atoms with Crippen LogP contribution in [0.1, 0.15) is 29.9 Å². The van der Waals surface area contributed by atoms with E-state index in [0.29, 0.717) is 36.6 Å². The fourth-order valence-corrected chi connectivity index (χ4v) is 4.62. The summed E-state index contributed by atoms with van der Waals surface area (Å²) in [4.78, 5) is 32.5. The lowest BCUT2D eigenvalue weighted by molar-refractivity contribution is -0.132. The molecule has 3 rings (SSSR count). The molecular weight excluding hydrogens is 389 g/mol. The molecule has 1 aromatic carbocycles. The number of halogens is 1. The van der Waals surface area contributed by atoms with Gasteiger partial charge in [-0.2, -0.15) is 0 Å². The molecule has 0 unspecified atom stereocenters. The summed E-state index contributed by atoms with van der Waals surface area (Å²) in [7, 11) is 0. The minimum absolute atomic E-state index is 0.0190. The Hall–Kier alpha value is -2.25. The Bertz CT molecular complexity index is 850. The highest BCUT2D eigenvalue weighted by Crippen LogP contribution is 2.30. The lowest BCUT2D eigenvalue weighted by Gasteiger charge is -2.25. The lowest BCUT2D eigenvalue weighted by atomic mass is 10.2. The predicted octanol–water partition coefficient (Wildman–Crippen LogP) is 3.57. The van der Waals surface area contributed by atoms with Crippen molar-refractivity contribution in [1.29, 1.82) is 0 Å². The number of hydrogen-bond donors (Lipinski definition) is 0. The summed E-state index contributed by atoms with van der Waals surface area (Å²) in [5.41, 5.74) is 0.522. The molecule has 0 saturated carbocycles. The minimum Gasteiger partial charge on any atom is -0.342 e. The van der Waals surface area contributed by atoms with Crippen LogP contribution in [0.3, 0.4) is 0 Å². The number of likely N-dealkylation sites (N-methyl/N-ethyl adjacent to an activating group) is 1. The Labute approximate surface area is 175 Å². The van der Waals surface area contributed by atoms with E-state index in [9.17, 15) is 14.0 Å². The maximum atomic E-state index is 14.0. The van der Waals surface area contributed by atoms with Gasteiger partial charge in [0, 0.05) is 49.7 Å². The highest BCUT2D eigenvalue weighted by Gasteiger charge is 2.23. The van der Waals surface area contributed by atoms with E-state index in [4.69, 9.17) is 0 Å². The predicted molar refractivity (Wildman–Crippen MR) is 115 cm³/mol. The number of carbonyl (C=O) groups is 2. The molecule has 1 aliphatic heterocycles. The van der Waals surface area contributed by atoms with Crippen LogP contribution < -0.4 is 0 Å². The summed E-state index contributed by atoms with van der Waals surface area (Å²) in [6.45, 7) is 8.57. The van der Waals surface area contributed by atoms with Crippen LogP contribution in [0.5, 0.6) is 0 Å². The first kappa shape index (κ1) is 21.5. The summed E-state index contributed by atoms with van der Waals surface area (Å²) < 4.78 is 14.0. The van der Waals surface area contributed by atoms with Gasteiger partial charge in [0.1, 0.15) is 5.82 Å². The van der Waals surface area contributed by atoms with E-state index < -0.39 is 0 Å². The number of carbonyl (C=O) groups excluding carboxylic acids is 2. The maximum absolute atomic E-state index is 14.0. The Morgan fingerprint density at radius 3 is 2.52 bits per heavy atom. The Balaban J connectivity index is 1.61. The van der Waals surface area contributed by atoms with Gasteiger partial charge in [0.15, 0.2) is 0 Å². The van der Waals surface area contributed by atoms with Crippen LogP contribution in [0.4, 0.5) is 4.39 Å². The van der Waals surface area contributed by atoms with Crippen LogP contribution in [0, 0.1) is 5.82 Å². The zero-order valence-corrected chi connectivity index (χ0v) is 17.9. The Kier molecular flexibility index (Phi) is 7.39. The number of thiophene rings is 1. The third-order valence-electron chi connectivity index (χ3n) is 5.31. The molecule has 1 saturated heterocycles. The average Bonchev–Trinajstić information content (AvgIpc) is 3.09. The van der Waals surface area contributed by atoms with E-state index in [1.54, 1.807) is 24.3 Å². The molecular formula is C22H28FN3O2S. The van der Waals surface area contributed by atoms with Gasteiger partial charge in [-0.1, -0.05) is 18.2 Å². The topological polar surface area (TPSA) is 43.9 Å². The van der Waals surface area contributed by atoms with Crippen LogP contribution in [0.2, 0.25) is 0 Å². The molecule has 2 amide bonds. The lowest BCUT2D eigenvalue weighted by Crippen LogP contribution is -2.42. The zero-order valence-electron chi connectivity index (χ0n) is 17.1. The van der Waals surface area contributed by atoms with Gasteiger partial charge in [0.25, 0.3) is 5.91 Å². The van der Waals surface area contributed by atoms with Crippen molar-refractivity contribution in [2.45, 2.75) is 20.3 Å². The van der Waals surface area contributed by atoms with Gasteiger partial charge >= 0.3 is 0 Å². The molecule has 0 bridgehead atoms. The van der Waals surface area contributed by atoms with Gasteiger partial charge in [-0.25, -0.2) is 4.39 Å². The normalized spacial score (nSPS) is 15.2. The molecule has 29 heavy (non-hydrogen) atoms. The van der Waals surface area contributed by atoms with Gasteiger partial charge in [-0.3, -0.25) is 14.5 Å². The monoisotopic (exact) mass is 417 g/mol. The molecule has 0 N–H and O–H groups in total. The molecule has 2 aromatic rings. The van der Waals surface area contributed by atoms with E-state index in [-0.39, 0.29) is 17.6 Å². The first-order chi connectivity index (χ1) is 14.0. The number of nitrogens with zero attached hydrogens (tertiary/aromatic N) is 3. The number of benzene rings is 1. The third kappa shape index (κ3) is 5.22. The second kappa shape index (κ2) is 9.98. The van der Waals surface area contributed by atoms with Crippen LogP contribution in [0.15, 0.2) is 36.4 Å². The van der Waals surface area contributed by atoms with E-state index in [0.717, 1.165) is 30.9 Å². The van der Waals surface area contributed by atoms with Gasteiger partial charge in [0.05, 0.1) is 11.4 Å². The van der Waals surface area contributed by atoms with Crippen molar-refractivity contribution in [2.75, 3.05) is 45.8 Å². The van der Waals surface area contributed by atoms with Gasteiger partial charge in [0.2, 0.25) is 5.91 Å². The first-order valence-corrected chi connectivity index (χ1v) is 11.0. The molecule has 0 atom stereocenters. The van der Waals surface area contributed by atoms with Crippen LogP contribution >= 0.6 is 11.3 Å². The van der Waals surface area contributed by atoms with Crippen molar-refractivity contribution < 1.29 is 14.0 Å². The molecule has 7 heteroatoms. The summed E-state index contributed by atoms with van der Waals surface area (Å²) >= 11 is 1.32. The van der Waals surface area contributed by atoms with Crippen molar-refractivity contribution in [3.8, 4) is 10.4 Å². The second-order valence-corrected chi connectivity index (χ2v) is 8.22. The Morgan fingerprint density at radius 1 is 1.03 bits per heavy atom. The largest absolute Gasteiger partial charge is 0.342 e. The van der Waals surface area contributed by atoms with Gasteiger partial charge in [-0.15, -0.1) is 11.3 Å². The fraction of sp³-hybridized carbons (Fsp3) is 0.455. The number of amides is 2. The molecule has 0 spiro atoms. The van der Waals surface area contributed by atoms with Crippen molar-refractivity contribution >= 4 is 23.2 Å². The smallest absolute Gasteiger partial charge is 0.263 e. The highest BCUT2D eigenvalue weighted by atomic mass is 32.1. The first-order valence-electron chi connectivity index (χ1n) is 10.2. The Morgan fingerprint density at radius 2 is 1.79 bits per heavy atom. The molecule has 2 heterocycles.